The minimum atomic E-state index is -4.01. The summed E-state index contributed by atoms with van der Waals surface area (Å²) in [4.78, 5) is 0. The highest BCUT2D eigenvalue weighted by atomic mass is 79.9. The molecule has 1 nitrogen and oxygen atoms in total. The van der Waals surface area contributed by atoms with Gasteiger partial charge in [-0.05, 0) is 19.9 Å². The fourth-order valence-corrected chi connectivity index (χ4v) is 0.921. The molecule has 0 saturated carbocycles. The highest BCUT2D eigenvalue weighted by Gasteiger charge is 2.25. The summed E-state index contributed by atoms with van der Waals surface area (Å²) in [6.07, 6.45) is -4.56. The summed E-state index contributed by atoms with van der Waals surface area (Å²) < 4.78 is 34.9. The number of nitrogens with one attached hydrogen (secondary N) is 1. The van der Waals surface area contributed by atoms with Crippen molar-refractivity contribution in [2.75, 3.05) is 11.9 Å². The van der Waals surface area contributed by atoms with Gasteiger partial charge in [0.15, 0.2) is 0 Å². The molecule has 0 aliphatic heterocycles. The number of hydrogen-bond acceptors (Lipinski definition) is 1. The zero-order chi connectivity index (χ0) is 9.61. The summed E-state index contributed by atoms with van der Waals surface area (Å²) in [5.41, 5.74) is 0. The number of halogens is 4. The molecule has 0 aromatic rings. The van der Waals surface area contributed by atoms with E-state index >= 15 is 0 Å². The van der Waals surface area contributed by atoms with Crippen LogP contribution in [-0.4, -0.2) is 24.1 Å². The van der Waals surface area contributed by atoms with Crippen LogP contribution in [0.2, 0.25) is 0 Å². The van der Waals surface area contributed by atoms with Gasteiger partial charge in [-0.15, -0.1) is 0 Å². The van der Waals surface area contributed by atoms with Gasteiger partial charge in [0.2, 0.25) is 0 Å². The summed E-state index contributed by atoms with van der Waals surface area (Å²) in [6.45, 7) is 2.34. The Kier molecular flexibility index (Phi) is 5.92. The molecule has 74 valence electrons. The molecule has 1 N–H and O–H groups in total. The average molecular weight is 248 g/mol. The third kappa shape index (κ3) is 8.33. The van der Waals surface area contributed by atoms with Crippen LogP contribution in [0, 0.1) is 0 Å². The molecule has 0 spiro atoms. The zero-order valence-electron chi connectivity index (χ0n) is 6.92. The number of hydrogen-bond donors (Lipinski definition) is 1. The molecule has 0 fully saturated rings. The Labute approximate surface area is 78.8 Å². The van der Waals surface area contributed by atoms with Crippen molar-refractivity contribution in [3.8, 4) is 0 Å². The largest absolute Gasteiger partial charge is 0.389 e. The summed E-state index contributed by atoms with van der Waals surface area (Å²) in [5.74, 6) is 0. The van der Waals surface area contributed by atoms with Gasteiger partial charge in [0, 0.05) is 17.8 Å². The molecular formula is C7H13BrF3N. The molecule has 0 bridgehead atoms. The summed E-state index contributed by atoms with van der Waals surface area (Å²) >= 11 is 3.22. The van der Waals surface area contributed by atoms with Crippen molar-refractivity contribution in [2.45, 2.75) is 32.0 Å². The lowest BCUT2D eigenvalue weighted by Gasteiger charge is -2.10. The molecule has 0 radical (unpaired) electrons. The van der Waals surface area contributed by atoms with Crippen molar-refractivity contribution in [3.63, 3.8) is 0 Å². The van der Waals surface area contributed by atoms with Crippen LogP contribution >= 0.6 is 15.9 Å². The minimum Gasteiger partial charge on any atom is -0.313 e. The van der Waals surface area contributed by atoms with E-state index < -0.39 is 12.6 Å². The third-order valence-electron chi connectivity index (χ3n) is 1.36. The van der Waals surface area contributed by atoms with Crippen molar-refractivity contribution in [1.29, 1.82) is 0 Å². The Hall–Kier alpha value is 0.230. The van der Waals surface area contributed by atoms with Gasteiger partial charge in [0.05, 0.1) is 0 Å². The van der Waals surface area contributed by atoms with E-state index in [2.05, 4.69) is 21.2 Å². The second kappa shape index (κ2) is 5.80. The van der Waals surface area contributed by atoms with Crippen LogP contribution in [0.25, 0.3) is 0 Å². The molecule has 1 atom stereocenters. The van der Waals surface area contributed by atoms with E-state index in [0.717, 1.165) is 5.33 Å². The van der Waals surface area contributed by atoms with Gasteiger partial charge in [-0.2, -0.15) is 13.2 Å². The first kappa shape index (κ1) is 12.2. The minimum absolute atomic E-state index is 0.154. The highest BCUT2D eigenvalue weighted by Crippen LogP contribution is 2.20. The van der Waals surface area contributed by atoms with E-state index in [1.165, 1.54) is 0 Å². The lowest BCUT2D eigenvalue weighted by Crippen LogP contribution is -2.28. The highest BCUT2D eigenvalue weighted by molar-refractivity contribution is 9.09. The standard InChI is InChI=1S/C7H13BrF3N/c1-6(5-8)12-4-2-3-7(9,10)11/h6,12H,2-5H2,1H3. The second-order valence-electron chi connectivity index (χ2n) is 2.73. The molecule has 0 rings (SSSR count). The topological polar surface area (TPSA) is 12.0 Å². The lowest BCUT2D eigenvalue weighted by molar-refractivity contribution is -0.135. The van der Waals surface area contributed by atoms with Crippen LogP contribution in [0.3, 0.4) is 0 Å². The first-order chi connectivity index (χ1) is 5.45. The molecule has 0 aliphatic carbocycles. The smallest absolute Gasteiger partial charge is 0.313 e. The first-order valence-electron chi connectivity index (χ1n) is 3.82. The van der Waals surface area contributed by atoms with Gasteiger partial charge in [0.25, 0.3) is 0 Å². The Bertz CT molecular complexity index is 116. The van der Waals surface area contributed by atoms with Crippen molar-refractivity contribution in [2.24, 2.45) is 0 Å². The van der Waals surface area contributed by atoms with E-state index in [-0.39, 0.29) is 12.5 Å². The fourth-order valence-electron chi connectivity index (χ4n) is 0.692. The molecule has 0 aromatic heterocycles. The van der Waals surface area contributed by atoms with Crippen LogP contribution < -0.4 is 5.32 Å². The number of rotatable bonds is 5. The van der Waals surface area contributed by atoms with Crippen molar-refractivity contribution in [1.82, 2.24) is 5.32 Å². The summed E-state index contributed by atoms with van der Waals surface area (Å²) in [5, 5.41) is 3.72. The maximum atomic E-state index is 11.6. The predicted molar refractivity (Wildman–Crippen MR) is 46.5 cm³/mol. The molecule has 12 heavy (non-hydrogen) atoms. The molecule has 0 saturated heterocycles. The summed E-state index contributed by atoms with van der Waals surface area (Å²) in [7, 11) is 0. The Morgan fingerprint density at radius 3 is 2.42 bits per heavy atom. The van der Waals surface area contributed by atoms with Crippen molar-refractivity contribution >= 4 is 15.9 Å². The van der Waals surface area contributed by atoms with Crippen LogP contribution in [0.4, 0.5) is 13.2 Å². The number of alkyl halides is 4. The van der Waals surface area contributed by atoms with Crippen molar-refractivity contribution in [3.05, 3.63) is 0 Å². The Morgan fingerprint density at radius 1 is 1.42 bits per heavy atom. The van der Waals surface area contributed by atoms with Gasteiger partial charge in [-0.25, -0.2) is 0 Å². The Morgan fingerprint density at radius 2 is 2.00 bits per heavy atom. The quantitative estimate of drug-likeness (QED) is 0.582. The second-order valence-corrected chi connectivity index (χ2v) is 3.38. The van der Waals surface area contributed by atoms with Gasteiger partial charge < -0.3 is 5.32 Å². The predicted octanol–water partition coefficient (Wildman–Crippen LogP) is 2.70. The van der Waals surface area contributed by atoms with E-state index in [9.17, 15) is 13.2 Å². The first-order valence-corrected chi connectivity index (χ1v) is 4.94. The van der Waals surface area contributed by atoms with Crippen LogP contribution in [0.15, 0.2) is 0 Å². The molecule has 0 heterocycles. The van der Waals surface area contributed by atoms with Gasteiger partial charge >= 0.3 is 6.18 Å². The molecule has 0 amide bonds. The SMILES string of the molecule is CC(CBr)NCCCC(F)(F)F. The van der Waals surface area contributed by atoms with E-state index in [4.69, 9.17) is 0 Å². The third-order valence-corrected chi connectivity index (χ3v) is 2.33. The molecule has 0 aromatic carbocycles. The van der Waals surface area contributed by atoms with Gasteiger partial charge in [-0.3, -0.25) is 0 Å². The molecule has 1 unspecified atom stereocenters. The summed E-state index contributed by atoms with van der Waals surface area (Å²) in [6, 6.07) is 0.234. The maximum absolute atomic E-state index is 11.6. The average Bonchev–Trinajstić information content (AvgIpc) is 1.96. The zero-order valence-corrected chi connectivity index (χ0v) is 8.50. The van der Waals surface area contributed by atoms with Gasteiger partial charge in [0.1, 0.15) is 0 Å². The lowest BCUT2D eigenvalue weighted by atomic mass is 10.3. The monoisotopic (exact) mass is 247 g/mol. The van der Waals surface area contributed by atoms with E-state index in [1.54, 1.807) is 0 Å². The normalized spacial score (nSPS) is 14.8. The van der Waals surface area contributed by atoms with Gasteiger partial charge in [-0.1, -0.05) is 15.9 Å². The maximum Gasteiger partial charge on any atom is 0.389 e. The van der Waals surface area contributed by atoms with Crippen LogP contribution in [-0.2, 0) is 0 Å². The van der Waals surface area contributed by atoms with E-state index in [0.29, 0.717) is 6.54 Å². The molecule has 5 heteroatoms. The Balaban J connectivity index is 3.22. The molecular weight excluding hydrogens is 235 g/mol. The van der Waals surface area contributed by atoms with E-state index in [1.807, 2.05) is 6.92 Å². The van der Waals surface area contributed by atoms with Crippen LogP contribution in [0.5, 0.6) is 0 Å². The van der Waals surface area contributed by atoms with Crippen LogP contribution in [0.1, 0.15) is 19.8 Å². The fraction of sp³-hybridized carbons (Fsp3) is 1.00. The molecule has 0 aliphatic rings. The van der Waals surface area contributed by atoms with Crippen molar-refractivity contribution < 1.29 is 13.2 Å².